The van der Waals surface area contributed by atoms with Crippen molar-refractivity contribution in [1.29, 1.82) is 0 Å². The van der Waals surface area contributed by atoms with Gasteiger partial charge in [-0.1, -0.05) is 84.9 Å². The minimum absolute atomic E-state index is 0.144. The fourth-order valence-electron chi connectivity index (χ4n) is 3.79. The molecule has 0 saturated carbocycles. The average Bonchev–Trinajstić information content (AvgIpc) is 2.90. The zero-order valence-electron chi connectivity index (χ0n) is 20.2. The van der Waals surface area contributed by atoms with Crippen LogP contribution in [-0.4, -0.2) is 25.9 Å². The van der Waals surface area contributed by atoms with Crippen molar-refractivity contribution >= 4 is 43.8 Å². The maximum absolute atomic E-state index is 12.1. The number of hydrogen-bond donors (Lipinski definition) is 4. The van der Waals surface area contributed by atoms with Crippen LogP contribution in [0.2, 0.25) is 0 Å². The molecule has 0 aliphatic rings. The van der Waals surface area contributed by atoms with Gasteiger partial charge in [-0.25, -0.2) is 0 Å². The lowest BCUT2D eigenvalue weighted by molar-refractivity contribution is 0.480. The lowest BCUT2D eigenvalue weighted by Gasteiger charge is -2.11. The number of benzene rings is 4. The van der Waals surface area contributed by atoms with E-state index >= 15 is 0 Å². The summed E-state index contributed by atoms with van der Waals surface area (Å²) in [7, 11) is -9.18. The third-order valence-electron chi connectivity index (χ3n) is 5.70. The van der Waals surface area contributed by atoms with Gasteiger partial charge in [-0.2, -0.15) is 16.8 Å². The van der Waals surface area contributed by atoms with Gasteiger partial charge in [-0.3, -0.25) is 9.11 Å². The SMILES string of the molecule is O=S(=O)(O)c1cc(NCc2ccccc2)ccc1C=Cc1ccc(NCc2ccccc2)cc1S(=O)(=O)O. The van der Waals surface area contributed by atoms with E-state index in [0.29, 0.717) is 24.5 Å². The van der Waals surface area contributed by atoms with E-state index in [1.807, 2.05) is 60.7 Å². The van der Waals surface area contributed by atoms with Crippen molar-refractivity contribution in [1.82, 2.24) is 0 Å². The molecule has 8 nitrogen and oxygen atoms in total. The molecule has 0 unspecified atom stereocenters. The van der Waals surface area contributed by atoms with Crippen LogP contribution >= 0.6 is 0 Å². The fraction of sp³-hybridized carbons (Fsp3) is 0.0714. The largest absolute Gasteiger partial charge is 0.381 e. The third kappa shape index (κ3) is 7.30. The van der Waals surface area contributed by atoms with Gasteiger partial charge in [0.25, 0.3) is 20.2 Å². The minimum atomic E-state index is -4.59. The van der Waals surface area contributed by atoms with Crippen molar-refractivity contribution in [3.63, 3.8) is 0 Å². The molecule has 0 amide bonds. The molecule has 0 saturated heterocycles. The second-order valence-corrected chi connectivity index (χ2v) is 11.2. The van der Waals surface area contributed by atoms with Crippen molar-refractivity contribution in [3.05, 3.63) is 119 Å². The van der Waals surface area contributed by atoms with Gasteiger partial charge >= 0.3 is 0 Å². The predicted molar refractivity (Wildman–Crippen MR) is 149 cm³/mol. The number of anilines is 2. The normalized spacial score (nSPS) is 11.9. The van der Waals surface area contributed by atoms with Crippen molar-refractivity contribution < 1.29 is 25.9 Å². The highest BCUT2D eigenvalue weighted by atomic mass is 32.2. The molecule has 4 aromatic rings. The van der Waals surface area contributed by atoms with E-state index in [9.17, 15) is 25.9 Å². The van der Waals surface area contributed by atoms with E-state index in [2.05, 4.69) is 10.6 Å². The Kier molecular flexibility index (Phi) is 8.28. The van der Waals surface area contributed by atoms with E-state index < -0.39 is 20.2 Å². The summed E-state index contributed by atoms with van der Waals surface area (Å²) in [5, 5.41) is 6.23. The molecule has 0 fully saturated rings. The van der Waals surface area contributed by atoms with Crippen molar-refractivity contribution in [2.45, 2.75) is 22.9 Å². The Morgan fingerprint density at radius 1 is 0.553 bits per heavy atom. The summed E-state index contributed by atoms with van der Waals surface area (Å²) < 4.78 is 68.0. The first-order chi connectivity index (χ1) is 18.1. The lowest BCUT2D eigenvalue weighted by Crippen LogP contribution is -2.05. The number of rotatable bonds is 10. The molecule has 4 N–H and O–H groups in total. The molecule has 10 heteroatoms. The van der Waals surface area contributed by atoms with Crippen LogP contribution in [0.5, 0.6) is 0 Å². The minimum Gasteiger partial charge on any atom is -0.381 e. The van der Waals surface area contributed by atoms with Crippen molar-refractivity contribution in [2.24, 2.45) is 0 Å². The molecule has 38 heavy (non-hydrogen) atoms. The zero-order valence-corrected chi connectivity index (χ0v) is 21.8. The molecule has 0 atom stereocenters. The first-order valence-electron chi connectivity index (χ1n) is 11.6. The average molecular weight is 551 g/mol. The van der Waals surface area contributed by atoms with E-state index in [-0.39, 0.29) is 20.9 Å². The Bertz CT molecular complexity index is 1530. The summed E-state index contributed by atoms with van der Waals surface area (Å²) in [4.78, 5) is -0.692. The molecule has 4 rings (SSSR count). The summed E-state index contributed by atoms with van der Waals surface area (Å²) in [6, 6.07) is 27.9. The first kappa shape index (κ1) is 27.1. The standard InChI is InChI=1S/C28H26N2O6S2/c31-37(32,33)27-17-25(29-19-21-7-3-1-4-8-21)15-13-23(27)11-12-24-14-16-26(18-28(24)38(34,35)36)30-20-22-9-5-2-6-10-22/h1-18,29-30H,19-20H2,(H,31,32,33)(H,34,35,36). The van der Waals surface area contributed by atoms with Crippen LogP contribution < -0.4 is 10.6 Å². The maximum Gasteiger partial charge on any atom is 0.295 e. The Morgan fingerprint density at radius 3 is 1.26 bits per heavy atom. The maximum atomic E-state index is 12.1. The van der Waals surface area contributed by atoms with Crippen LogP contribution in [0.25, 0.3) is 12.2 Å². The number of nitrogens with one attached hydrogen (secondary N) is 2. The van der Waals surface area contributed by atoms with Gasteiger partial charge < -0.3 is 10.6 Å². The van der Waals surface area contributed by atoms with E-state index in [1.54, 1.807) is 12.1 Å². The molecule has 0 spiro atoms. The highest BCUT2D eigenvalue weighted by molar-refractivity contribution is 7.86. The quantitative estimate of drug-likeness (QED) is 0.149. The summed E-state index contributed by atoms with van der Waals surface area (Å²) >= 11 is 0. The summed E-state index contributed by atoms with van der Waals surface area (Å²) in [5.74, 6) is 0. The topological polar surface area (TPSA) is 133 Å². The van der Waals surface area contributed by atoms with Crippen LogP contribution in [-0.2, 0) is 33.3 Å². The summed E-state index contributed by atoms with van der Waals surface area (Å²) in [6.07, 6.45) is 2.73. The molecule has 0 heterocycles. The molecule has 196 valence electrons. The molecule has 4 aromatic carbocycles. The van der Waals surface area contributed by atoms with Crippen LogP contribution in [0.1, 0.15) is 22.3 Å². The molecule has 0 aromatic heterocycles. The van der Waals surface area contributed by atoms with Gasteiger partial charge in [0, 0.05) is 24.5 Å². The third-order valence-corrected chi connectivity index (χ3v) is 7.52. The Morgan fingerprint density at radius 2 is 0.921 bits per heavy atom. The predicted octanol–water partition coefficient (Wildman–Crippen LogP) is 5.57. The van der Waals surface area contributed by atoms with E-state index in [1.165, 1.54) is 36.4 Å². The van der Waals surface area contributed by atoms with Crippen LogP contribution in [0.15, 0.2) is 107 Å². The second-order valence-electron chi connectivity index (χ2n) is 8.47. The summed E-state index contributed by atoms with van der Waals surface area (Å²) in [6.45, 7) is 0.895. The fourth-order valence-corrected chi connectivity index (χ4v) is 5.21. The van der Waals surface area contributed by atoms with Gasteiger partial charge in [0.1, 0.15) is 9.79 Å². The van der Waals surface area contributed by atoms with Crippen LogP contribution in [0.4, 0.5) is 11.4 Å². The first-order valence-corrected chi connectivity index (χ1v) is 14.4. The smallest absolute Gasteiger partial charge is 0.295 e. The number of hydrogen-bond acceptors (Lipinski definition) is 6. The molecule has 0 aliphatic heterocycles. The Balaban J connectivity index is 1.59. The van der Waals surface area contributed by atoms with E-state index in [4.69, 9.17) is 0 Å². The van der Waals surface area contributed by atoms with Gasteiger partial charge in [-0.05, 0) is 46.5 Å². The lowest BCUT2D eigenvalue weighted by atomic mass is 10.1. The van der Waals surface area contributed by atoms with Crippen LogP contribution in [0, 0.1) is 0 Å². The van der Waals surface area contributed by atoms with Gasteiger partial charge in [0.05, 0.1) is 0 Å². The molecule has 0 aliphatic carbocycles. The van der Waals surface area contributed by atoms with Crippen LogP contribution in [0.3, 0.4) is 0 Å². The van der Waals surface area contributed by atoms with Gasteiger partial charge in [-0.15, -0.1) is 0 Å². The van der Waals surface area contributed by atoms with Gasteiger partial charge in [0.15, 0.2) is 0 Å². The monoisotopic (exact) mass is 550 g/mol. The van der Waals surface area contributed by atoms with Crippen molar-refractivity contribution in [2.75, 3.05) is 10.6 Å². The molecule has 0 radical (unpaired) electrons. The Labute approximate surface area is 222 Å². The van der Waals surface area contributed by atoms with Gasteiger partial charge in [0.2, 0.25) is 0 Å². The zero-order chi connectivity index (χ0) is 27.2. The highest BCUT2D eigenvalue weighted by Gasteiger charge is 2.17. The van der Waals surface area contributed by atoms with Crippen molar-refractivity contribution in [3.8, 4) is 0 Å². The summed E-state index contributed by atoms with van der Waals surface area (Å²) in [5.41, 5.74) is 3.22. The highest BCUT2D eigenvalue weighted by Crippen LogP contribution is 2.26. The second kappa shape index (κ2) is 11.6. The molecular formula is C28H26N2O6S2. The Hall–Kier alpha value is -3.96. The van der Waals surface area contributed by atoms with E-state index in [0.717, 1.165) is 11.1 Å². The molecular weight excluding hydrogens is 524 g/mol. The molecule has 0 bridgehead atoms.